The lowest BCUT2D eigenvalue weighted by Crippen LogP contribution is -2.33. The number of aromatic nitrogens is 3. The summed E-state index contributed by atoms with van der Waals surface area (Å²) in [5, 5.41) is 1.56. The van der Waals surface area contributed by atoms with Gasteiger partial charge >= 0.3 is 5.69 Å². The molecule has 24 heavy (non-hydrogen) atoms. The van der Waals surface area contributed by atoms with Crippen LogP contribution < -0.4 is 11.2 Å². The molecule has 0 fully saturated rings. The van der Waals surface area contributed by atoms with Crippen molar-refractivity contribution in [2.75, 3.05) is 0 Å². The van der Waals surface area contributed by atoms with Crippen molar-refractivity contribution in [3.8, 4) is 5.69 Å². The van der Waals surface area contributed by atoms with E-state index in [0.29, 0.717) is 21.8 Å². The molecule has 5 nitrogen and oxygen atoms in total. The number of thiophene rings is 1. The van der Waals surface area contributed by atoms with Crippen molar-refractivity contribution in [1.29, 1.82) is 0 Å². The normalized spacial score (nSPS) is 11.8. The highest BCUT2D eigenvalue weighted by molar-refractivity contribution is 7.18. The maximum Gasteiger partial charge on any atom is 0.334 e. The van der Waals surface area contributed by atoms with Crippen molar-refractivity contribution >= 4 is 32.5 Å². The lowest BCUT2D eigenvalue weighted by atomic mass is 10.2. The second-order valence-corrected chi connectivity index (χ2v) is 7.37. The van der Waals surface area contributed by atoms with Gasteiger partial charge in [0.25, 0.3) is 5.56 Å². The van der Waals surface area contributed by atoms with E-state index in [2.05, 4.69) is 18.8 Å². The van der Waals surface area contributed by atoms with Crippen LogP contribution >= 0.6 is 11.3 Å². The number of nitrogens with one attached hydrogen (secondary N) is 1. The highest BCUT2D eigenvalue weighted by Crippen LogP contribution is 2.27. The largest absolute Gasteiger partial charge is 0.351 e. The van der Waals surface area contributed by atoms with Gasteiger partial charge in [0.05, 0.1) is 11.1 Å². The lowest BCUT2D eigenvalue weighted by molar-refractivity contribution is 0.889. The number of H-pyrrole nitrogens is 1. The van der Waals surface area contributed by atoms with E-state index in [1.807, 2.05) is 42.1 Å². The van der Waals surface area contributed by atoms with Gasteiger partial charge in [0, 0.05) is 29.0 Å². The standard InChI is InChI=1S/C18H17N3O2S/c1-10(2)15-9-13-16(24-15)19-18(23)21(17(13)22)12-4-5-14-11(8-12)6-7-20(14)3/h4-10H,1-3H3,(H,19,23). The molecule has 0 saturated carbocycles. The molecule has 0 saturated heterocycles. The van der Waals surface area contributed by atoms with Crippen LogP contribution in [0.4, 0.5) is 0 Å². The Labute approximate surface area is 141 Å². The van der Waals surface area contributed by atoms with Crippen LogP contribution in [0, 0.1) is 0 Å². The molecule has 0 aliphatic heterocycles. The van der Waals surface area contributed by atoms with E-state index < -0.39 is 5.69 Å². The average molecular weight is 339 g/mol. The third-order valence-electron chi connectivity index (χ3n) is 4.30. The topological polar surface area (TPSA) is 59.8 Å². The van der Waals surface area contributed by atoms with Gasteiger partial charge in [-0.25, -0.2) is 9.36 Å². The number of nitrogens with zero attached hydrogens (tertiary/aromatic N) is 2. The average Bonchev–Trinajstić information content (AvgIpc) is 3.12. The monoisotopic (exact) mass is 339 g/mol. The zero-order chi connectivity index (χ0) is 17.0. The Morgan fingerprint density at radius 1 is 1.12 bits per heavy atom. The molecule has 1 N–H and O–H groups in total. The Hall–Kier alpha value is -2.60. The first-order valence-electron chi connectivity index (χ1n) is 7.80. The Morgan fingerprint density at radius 3 is 2.67 bits per heavy atom. The molecule has 6 heteroatoms. The second kappa shape index (κ2) is 5.21. The Bertz CT molecular complexity index is 1190. The van der Waals surface area contributed by atoms with Crippen molar-refractivity contribution in [2.24, 2.45) is 7.05 Å². The molecular formula is C18H17N3O2S. The van der Waals surface area contributed by atoms with Crippen LogP contribution in [0.5, 0.6) is 0 Å². The van der Waals surface area contributed by atoms with E-state index in [1.54, 1.807) is 6.07 Å². The number of fused-ring (bicyclic) bond motifs is 2. The molecule has 4 aromatic rings. The fourth-order valence-electron chi connectivity index (χ4n) is 2.95. The van der Waals surface area contributed by atoms with E-state index in [9.17, 15) is 9.59 Å². The maximum absolute atomic E-state index is 12.9. The molecule has 0 unspecified atom stereocenters. The Kier molecular flexibility index (Phi) is 3.25. The molecule has 0 amide bonds. The van der Waals surface area contributed by atoms with Crippen LogP contribution in [-0.4, -0.2) is 14.1 Å². The van der Waals surface area contributed by atoms with Gasteiger partial charge < -0.3 is 4.57 Å². The summed E-state index contributed by atoms with van der Waals surface area (Å²) < 4.78 is 3.22. The summed E-state index contributed by atoms with van der Waals surface area (Å²) in [7, 11) is 1.96. The quantitative estimate of drug-likeness (QED) is 0.609. The van der Waals surface area contributed by atoms with Crippen LogP contribution in [0.15, 0.2) is 46.1 Å². The fraction of sp³-hybridized carbons (Fsp3) is 0.222. The van der Waals surface area contributed by atoms with Crippen LogP contribution in [0.1, 0.15) is 24.6 Å². The summed E-state index contributed by atoms with van der Waals surface area (Å²) in [6.07, 6.45) is 1.96. The zero-order valence-electron chi connectivity index (χ0n) is 13.7. The van der Waals surface area contributed by atoms with Gasteiger partial charge in [0.2, 0.25) is 0 Å². The third kappa shape index (κ3) is 2.14. The van der Waals surface area contributed by atoms with E-state index in [4.69, 9.17) is 0 Å². The fourth-order valence-corrected chi connectivity index (χ4v) is 4.00. The Balaban J connectivity index is 2.00. The summed E-state index contributed by atoms with van der Waals surface area (Å²) in [6, 6.07) is 9.46. The van der Waals surface area contributed by atoms with Crippen molar-refractivity contribution in [2.45, 2.75) is 19.8 Å². The zero-order valence-corrected chi connectivity index (χ0v) is 14.5. The summed E-state index contributed by atoms with van der Waals surface area (Å²) in [6.45, 7) is 4.15. The minimum Gasteiger partial charge on any atom is -0.351 e. The predicted molar refractivity (Wildman–Crippen MR) is 98.6 cm³/mol. The second-order valence-electron chi connectivity index (χ2n) is 6.29. The predicted octanol–water partition coefficient (Wildman–Crippen LogP) is 3.36. The minimum absolute atomic E-state index is 0.271. The van der Waals surface area contributed by atoms with Gasteiger partial charge in [-0.1, -0.05) is 13.8 Å². The van der Waals surface area contributed by atoms with Gasteiger partial charge in [-0.2, -0.15) is 0 Å². The van der Waals surface area contributed by atoms with E-state index in [0.717, 1.165) is 15.8 Å². The number of hydrogen-bond donors (Lipinski definition) is 1. The molecule has 122 valence electrons. The Morgan fingerprint density at radius 2 is 1.92 bits per heavy atom. The lowest BCUT2D eigenvalue weighted by Gasteiger charge is -2.05. The summed E-state index contributed by atoms with van der Waals surface area (Å²) >= 11 is 1.47. The molecule has 0 spiro atoms. The first-order chi connectivity index (χ1) is 11.5. The number of aromatic amines is 1. The van der Waals surface area contributed by atoms with E-state index in [-0.39, 0.29) is 5.56 Å². The van der Waals surface area contributed by atoms with Gasteiger partial charge in [-0.3, -0.25) is 9.78 Å². The van der Waals surface area contributed by atoms with Crippen LogP contribution in [0.3, 0.4) is 0 Å². The third-order valence-corrected chi connectivity index (χ3v) is 5.66. The number of benzene rings is 1. The van der Waals surface area contributed by atoms with Crippen molar-refractivity contribution < 1.29 is 0 Å². The van der Waals surface area contributed by atoms with E-state index in [1.165, 1.54) is 15.9 Å². The number of aryl methyl sites for hydroxylation is 1. The van der Waals surface area contributed by atoms with Crippen molar-refractivity contribution in [3.63, 3.8) is 0 Å². The molecule has 4 rings (SSSR count). The SMILES string of the molecule is CC(C)c1cc2c(=O)n(-c3ccc4c(ccn4C)c3)c(=O)[nH]c2s1. The molecular weight excluding hydrogens is 322 g/mol. The molecule has 0 atom stereocenters. The van der Waals surface area contributed by atoms with Gasteiger partial charge in [0.1, 0.15) is 4.83 Å². The van der Waals surface area contributed by atoms with Gasteiger partial charge in [-0.05, 0) is 36.2 Å². The smallest absolute Gasteiger partial charge is 0.334 e. The van der Waals surface area contributed by atoms with Crippen molar-refractivity contribution in [1.82, 2.24) is 14.1 Å². The molecule has 1 aromatic carbocycles. The molecule has 0 aliphatic carbocycles. The maximum atomic E-state index is 12.9. The van der Waals surface area contributed by atoms with E-state index >= 15 is 0 Å². The first kappa shape index (κ1) is 15.0. The summed E-state index contributed by atoms with van der Waals surface area (Å²) in [5.74, 6) is 0.319. The molecule has 0 radical (unpaired) electrons. The van der Waals surface area contributed by atoms with Gasteiger partial charge in [-0.15, -0.1) is 11.3 Å². The highest BCUT2D eigenvalue weighted by atomic mass is 32.1. The molecule has 0 aliphatic rings. The molecule has 0 bridgehead atoms. The van der Waals surface area contributed by atoms with Gasteiger partial charge in [0.15, 0.2) is 0 Å². The summed E-state index contributed by atoms with van der Waals surface area (Å²) in [5.41, 5.74) is 0.966. The van der Waals surface area contributed by atoms with Crippen molar-refractivity contribution in [3.05, 3.63) is 62.2 Å². The minimum atomic E-state index is -0.403. The van der Waals surface area contributed by atoms with Crippen LogP contribution in [0.2, 0.25) is 0 Å². The highest BCUT2D eigenvalue weighted by Gasteiger charge is 2.14. The molecule has 3 aromatic heterocycles. The summed E-state index contributed by atoms with van der Waals surface area (Å²) in [4.78, 5) is 29.9. The first-order valence-corrected chi connectivity index (χ1v) is 8.61. The van der Waals surface area contributed by atoms with Crippen LogP contribution in [0.25, 0.3) is 26.8 Å². The number of rotatable bonds is 2. The number of hydrogen-bond acceptors (Lipinski definition) is 3. The van der Waals surface area contributed by atoms with Crippen LogP contribution in [-0.2, 0) is 7.05 Å². The molecule has 3 heterocycles.